The number of phenols is 2. The second-order valence-corrected chi connectivity index (χ2v) is 6.69. The molecule has 2 aliphatic rings. The molecule has 0 spiro atoms. The van der Waals surface area contributed by atoms with Crippen LogP contribution in [0, 0.1) is 0 Å². The summed E-state index contributed by atoms with van der Waals surface area (Å²) in [4.78, 5) is 0. The van der Waals surface area contributed by atoms with Gasteiger partial charge in [-0.05, 0) is 35.4 Å². The van der Waals surface area contributed by atoms with Gasteiger partial charge in [0.1, 0.15) is 0 Å². The van der Waals surface area contributed by atoms with E-state index < -0.39 is 0 Å². The van der Waals surface area contributed by atoms with Crippen molar-refractivity contribution in [3.05, 3.63) is 35.4 Å². The van der Waals surface area contributed by atoms with Gasteiger partial charge in [0.25, 0.3) is 0 Å². The minimum absolute atomic E-state index is 0.143. The van der Waals surface area contributed by atoms with Gasteiger partial charge in [0.2, 0.25) is 0 Å². The Hall–Kier alpha value is -2.44. The predicted molar refractivity (Wildman–Crippen MR) is 95.2 cm³/mol. The standard InChI is InChI=1S/C20H22O6/c1-23-17-7-11(3-13(19(17)21)5-15-9-25-15)12-4-14(6-16-10-26-16)20(22)18(8-12)24-2/h3-4,7-8,15-16,21-22H,5-6,9-10H2,1-2H3. The zero-order valence-corrected chi connectivity index (χ0v) is 14.8. The SMILES string of the molecule is COc1cc(-c2cc(CC3CO3)c(O)c(OC)c2)cc(CC2CO2)c1O. The summed E-state index contributed by atoms with van der Waals surface area (Å²) in [6.45, 7) is 1.43. The predicted octanol–water partition coefficient (Wildman–Crippen LogP) is 2.66. The Kier molecular flexibility index (Phi) is 4.38. The van der Waals surface area contributed by atoms with Crippen molar-refractivity contribution in [1.82, 2.24) is 0 Å². The molecule has 4 rings (SSSR count). The molecule has 0 aromatic heterocycles. The van der Waals surface area contributed by atoms with E-state index in [2.05, 4.69) is 0 Å². The Balaban J connectivity index is 1.77. The van der Waals surface area contributed by atoms with Crippen molar-refractivity contribution in [2.24, 2.45) is 0 Å². The van der Waals surface area contributed by atoms with E-state index in [9.17, 15) is 10.2 Å². The van der Waals surface area contributed by atoms with E-state index >= 15 is 0 Å². The van der Waals surface area contributed by atoms with Gasteiger partial charge < -0.3 is 29.2 Å². The summed E-state index contributed by atoms with van der Waals surface area (Å²) in [5.41, 5.74) is 3.32. The van der Waals surface area contributed by atoms with Crippen LogP contribution in [0.15, 0.2) is 24.3 Å². The van der Waals surface area contributed by atoms with Crippen molar-refractivity contribution in [2.45, 2.75) is 25.0 Å². The number of hydrogen-bond acceptors (Lipinski definition) is 6. The third-order valence-electron chi connectivity index (χ3n) is 4.78. The molecule has 2 atom stereocenters. The van der Waals surface area contributed by atoms with E-state index in [-0.39, 0.29) is 23.7 Å². The largest absolute Gasteiger partial charge is 0.504 e. The number of epoxide rings is 2. The lowest BCUT2D eigenvalue weighted by molar-refractivity contribution is 0.365. The smallest absolute Gasteiger partial charge is 0.161 e. The van der Waals surface area contributed by atoms with E-state index in [4.69, 9.17) is 18.9 Å². The van der Waals surface area contributed by atoms with E-state index in [1.165, 1.54) is 14.2 Å². The van der Waals surface area contributed by atoms with Crippen molar-refractivity contribution in [2.75, 3.05) is 27.4 Å². The van der Waals surface area contributed by atoms with Gasteiger partial charge in [0.05, 0.1) is 39.6 Å². The molecule has 2 aromatic rings. The monoisotopic (exact) mass is 358 g/mol. The minimum atomic E-state index is 0.143. The van der Waals surface area contributed by atoms with Gasteiger partial charge in [-0.25, -0.2) is 0 Å². The molecule has 0 radical (unpaired) electrons. The molecule has 138 valence electrons. The van der Waals surface area contributed by atoms with Crippen LogP contribution in [-0.2, 0) is 22.3 Å². The van der Waals surface area contributed by atoms with Crippen molar-refractivity contribution in [1.29, 1.82) is 0 Å². The molecule has 6 nitrogen and oxygen atoms in total. The van der Waals surface area contributed by atoms with Crippen LogP contribution in [0.1, 0.15) is 11.1 Å². The Labute approximate surface area is 151 Å². The van der Waals surface area contributed by atoms with Crippen molar-refractivity contribution < 1.29 is 29.2 Å². The van der Waals surface area contributed by atoms with Gasteiger partial charge in [0, 0.05) is 24.0 Å². The number of hydrogen-bond donors (Lipinski definition) is 2. The molecule has 2 fully saturated rings. The molecule has 2 unspecified atom stereocenters. The molecule has 6 heteroatoms. The number of benzene rings is 2. The van der Waals surface area contributed by atoms with E-state index in [0.717, 1.165) is 22.3 Å². The second kappa shape index (κ2) is 6.70. The zero-order valence-electron chi connectivity index (χ0n) is 14.8. The Morgan fingerprint density at radius 3 is 1.50 bits per heavy atom. The number of ether oxygens (including phenoxy) is 4. The molecule has 0 aliphatic carbocycles. The summed E-state index contributed by atoms with van der Waals surface area (Å²) >= 11 is 0. The van der Waals surface area contributed by atoms with Gasteiger partial charge in [0.15, 0.2) is 23.0 Å². The summed E-state index contributed by atoms with van der Waals surface area (Å²) in [5.74, 6) is 1.11. The second-order valence-electron chi connectivity index (χ2n) is 6.69. The molecular formula is C20H22O6. The highest BCUT2D eigenvalue weighted by atomic mass is 16.6. The van der Waals surface area contributed by atoms with Crippen LogP contribution in [0.25, 0.3) is 11.1 Å². The van der Waals surface area contributed by atoms with Crippen LogP contribution in [0.5, 0.6) is 23.0 Å². The maximum absolute atomic E-state index is 10.4. The van der Waals surface area contributed by atoms with Gasteiger partial charge in [-0.15, -0.1) is 0 Å². The third kappa shape index (κ3) is 3.43. The summed E-state index contributed by atoms with van der Waals surface area (Å²) < 4.78 is 21.3. The maximum Gasteiger partial charge on any atom is 0.161 e. The fourth-order valence-electron chi connectivity index (χ4n) is 3.15. The van der Waals surface area contributed by atoms with Crippen molar-refractivity contribution in [3.8, 4) is 34.1 Å². The molecule has 2 N–H and O–H groups in total. The molecular weight excluding hydrogens is 336 g/mol. The number of methoxy groups -OCH3 is 2. The first kappa shape index (κ1) is 17.0. The van der Waals surface area contributed by atoms with Gasteiger partial charge in [-0.2, -0.15) is 0 Å². The van der Waals surface area contributed by atoms with Crippen LogP contribution < -0.4 is 9.47 Å². The molecule has 0 bridgehead atoms. The lowest BCUT2D eigenvalue weighted by Gasteiger charge is -2.15. The average molecular weight is 358 g/mol. The molecule has 2 aliphatic heterocycles. The topological polar surface area (TPSA) is 84.0 Å². The molecule has 2 saturated heterocycles. The minimum Gasteiger partial charge on any atom is -0.504 e. The van der Waals surface area contributed by atoms with Crippen LogP contribution in [0.2, 0.25) is 0 Å². The fraction of sp³-hybridized carbons (Fsp3) is 0.400. The summed E-state index contributed by atoms with van der Waals surface area (Å²) in [5, 5.41) is 20.8. The normalized spacial score (nSPS) is 20.7. The van der Waals surface area contributed by atoms with Crippen LogP contribution in [-0.4, -0.2) is 49.9 Å². The molecule has 2 heterocycles. The first-order valence-corrected chi connectivity index (χ1v) is 8.62. The average Bonchev–Trinajstić information content (AvgIpc) is 3.55. The highest BCUT2D eigenvalue weighted by Gasteiger charge is 2.27. The highest BCUT2D eigenvalue weighted by Crippen LogP contribution is 2.41. The Bertz CT molecular complexity index is 754. The van der Waals surface area contributed by atoms with Gasteiger partial charge >= 0.3 is 0 Å². The zero-order chi connectivity index (χ0) is 18.3. The first-order chi connectivity index (χ1) is 12.6. The molecule has 0 saturated carbocycles. The third-order valence-corrected chi connectivity index (χ3v) is 4.78. The van der Waals surface area contributed by atoms with Gasteiger partial charge in [-0.3, -0.25) is 0 Å². The Morgan fingerprint density at radius 2 is 1.19 bits per heavy atom. The van der Waals surface area contributed by atoms with Crippen LogP contribution in [0.3, 0.4) is 0 Å². The van der Waals surface area contributed by atoms with Crippen LogP contribution in [0.4, 0.5) is 0 Å². The summed E-state index contributed by atoms with van der Waals surface area (Å²) in [6.07, 6.45) is 1.57. The fourth-order valence-corrected chi connectivity index (χ4v) is 3.15. The first-order valence-electron chi connectivity index (χ1n) is 8.62. The number of rotatable bonds is 7. The quantitative estimate of drug-likeness (QED) is 0.741. The maximum atomic E-state index is 10.4. The van der Waals surface area contributed by atoms with E-state index in [1.807, 2.05) is 12.1 Å². The molecule has 26 heavy (non-hydrogen) atoms. The Morgan fingerprint density at radius 1 is 0.808 bits per heavy atom. The molecule has 0 amide bonds. The lowest BCUT2D eigenvalue weighted by Crippen LogP contribution is -1.99. The van der Waals surface area contributed by atoms with Crippen molar-refractivity contribution in [3.63, 3.8) is 0 Å². The summed E-state index contributed by atoms with van der Waals surface area (Å²) in [7, 11) is 3.06. The van der Waals surface area contributed by atoms with Crippen LogP contribution >= 0.6 is 0 Å². The number of phenolic OH excluding ortho intramolecular Hbond substituents is 2. The lowest BCUT2D eigenvalue weighted by atomic mass is 9.96. The van der Waals surface area contributed by atoms with Crippen molar-refractivity contribution >= 4 is 0 Å². The van der Waals surface area contributed by atoms with E-state index in [1.54, 1.807) is 12.1 Å². The molecule has 2 aromatic carbocycles. The van der Waals surface area contributed by atoms with Gasteiger partial charge in [-0.1, -0.05) is 0 Å². The highest BCUT2D eigenvalue weighted by molar-refractivity contribution is 5.73. The van der Waals surface area contributed by atoms with E-state index in [0.29, 0.717) is 37.6 Å². The summed E-state index contributed by atoms with van der Waals surface area (Å²) in [6, 6.07) is 7.44. The number of aromatic hydroxyl groups is 2.